The SMILES string of the molecule is Cc1cc(C23C=CC=CC2S3)c(C)c(C)c1C. The second-order valence-electron chi connectivity index (χ2n) is 5.19. The Balaban J connectivity index is 2.18. The van der Waals surface area contributed by atoms with E-state index in [0.29, 0.717) is 5.25 Å². The molecule has 1 aromatic rings. The van der Waals surface area contributed by atoms with Gasteiger partial charge in [0.1, 0.15) is 0 Å². The van der Waals surface area contributed by atoms with Gasteiger partial charge in [0.2, 0.25) is 0 Å². The Bertz CT molecular complexity index is 551. The van der Waals surface area contributed by atoms with E-state index in [1.54, 1.807) is 0 Å². The van der Waals surface area contributed by atoms with Crippen molar-refractivity contribution in [2.45, 2.75) is 37.7 Å². The summed E-state index contributed by atoms with van der Waals surface area (Å²) in [6.45, 7) is 8.98. The molecule has 2 unspecified atom stereocenters. The van der Waals surface area contributed by atoms with Crippen LogP contribution >= 0.6 is 11.8 Å². The van der Waals surface area contributed by atoms with Crippen molar-refractivity contribution in [3.8, 4) is 0 Å². The van der Waals surface area contributed by atoms with Gasteiger partial charge in [-0.15, -0.1) is 11.8 Å². The molecule has 2 aliphatic rings. The van der Waals surface area contributed by atoms with Crippen molar-refractivity contribution in [3.63, 3.8) is 0 Å². The first-order chi connectivity index (χ1) is 8.06. The van der Waals surface area contributed by atoms with Crippen molar-refractivity contribution in [2.24, 2.45) is 0 Å². The minimum atomic E-state index is 0.252. The number of rotatable bonds is 1. The molecule has 0 spiro atoms. The van der Waals surface area contributed by atoms with Crippen LogP contribution < -0.4 is 0 Å². The molecule has 0 nitrogen and oxygen atoms in total. The standard InChI is InChI=1S/C16H18S/c1-10-9-14(13(4)12(3)11(10)2)16-8-6-5-7-15(16)17-16/h5-9,15H,1-4H3. The van der Waals surface area contributed by atoms with Gasteiger partial charge in [-0.2, -0.15) is 0 Å². The van der Waals surface area contributed by atoms with Gasteiger partial charge in [0.15, 0.2) is 0 Å². The molecular weight excluding hydrogens is 224 g/mol. The lowest BCUT2D eigenvalue weighted by atomic mass is 9.85. The first-order valence-electron chi connectivity index (χ1n) is 6.18. The second-order valence-corrected chi connectivity index (χ2v) is 6.61. The zero-order chi connectivity index (χ0) is 12.2. The maximum absolute atomic E-state index is 2.40. The summed E-state index contributed by atoms with van der Waals surface area (Å²) in [5, 5.41) is 0.660. The number of fused-ring (bicyclic) bond motifs is 1. The van der Waals surface area contributed by atoms with E-state index in [-0.39, 0.29) is 4.75 Å². The lowest BCUT2D eigenvalue weighted by molar-refractivity contribution is 0.885. The van der Waals surface area contributed by atoms with Crippen molar-refractivity contribution in [1.29, 1.82) is 0 Å². The summed E-state index contributed by atoms with van der Waals surface area (Å²) in [6.07, 6.45) is 9.07. The van der Waals surface area contributed by atoms with Gasteiger partial charge in [-0.3, -0.25) is 0 Å². The summed E-state index contributed by atoms with van der Waals surface area (Å²) in [5.41, 5.74) is 7.33. The average Bonchev–Trinajstić information content (AvgIpc) is 3.06. The third kappa shape index (κ3) is 1.45. The zero-order valence-electron chi connectivity index (χ0n) is 10.9. The van der Waals surface area contributed by atoms with E-state index in [1.807, 2.05) is 0 Å². The maximum atomic E-state index is 2.40. The summed E-state index contributed by atoms with van der Waals surface area (Å²) in [6, 6.07) is 2.40. The molecule has 0 N–H and O–H groups in total. The fraction of sp³-hybridized carbons (Fsp3) is 0.375. The second kappa shape index (κ2) is 3.52. The van der Waals surface area contributed by atoms with Gasteiger partial charge in [0, 0.05) is 5.25 Å². The highest BCUT2D eigenvalue weighted by Crippen LogP contribution is 2.64. The van der Waals surface area contributed by atoms with E-state index in [9.17, 15) is 0 Å². The molecular formula is C16H18S. The molecule has 0 aromatic heterocycles. The number of thioether (sulfide) groups is 1. The van der Waals surface area contributed by atoms with Gasteiger partial charge in [0.05, 0.1) is 4.75 Å². The molecule has 1 saturated heterocycles. The molecule has 1 aliphatic carbocycles. The molecule has 3 rings (SSSR count). The topological polar surface area (TPSA) is 0 Å². The van der Waals surface area contributed by atoms with Crippen molar-refractivity contribution in [1.82, 2.24) is 0 Å². The van der Waals surface area contributed by atoms with Gasteiger partial charge >= 0.3 is 0 Å². The van der Waals surface area contributed by atoms with Crippen LogP contribution in [0.1, 0.15) is 27.8 Å². The molecule has 1 heterocycles. The normalized spacial score (nSPS) is 29.3. The van der Waals surface area contributed by atoms with E-state index >= 15 is 0 Å². The summed E-state index contributed by atoms with van der Waals surface area (Å²) >= 11 is 2.06. The van der Waals surface area contributed by atoms with Crippen LogP contribution in [0.4, 0.5) is 0 Å². The Morgan fingerprint density at radius 1 is 1.00 bits per heavy atom. The number of hydrogen-bond acceptors (Lipinski definition) is 1. The van der Waals surface area contributed by atoms with Crippen LogP contribution in [0.2, 0.25) is 0 Å². The van der Waals surface area contributed by atoms with Gasteiger partial charge in [-0.1, -0.05) is 30.4 Å². The van der Waals surface area contributed by atoms with Crippen LogP contribution in [0.5, 0.6) is 0 Å². The first kappa shape index (κ1) is 11.2. The molecule has 0 radical (unpaired) electrons. The number of allylic oxidation sites excluding steroid dienone is 2. The van der Waals surface area contributed by atoms with Crippen LogP contribution in [0, 0.1) is 27.7 Å². The number of hydrogen-bond donors (Lipinski definition) is 0. The first-order valence-corrected chi connectivity index (χ1v) is 7.06. The molecule has 0 bridgehead atoms. The average molecular weight is 242 g/mol. The number of aryl methyl sites for hydroxylation is 1. The van der Waals surface area contributed by atoms with E-state index in [2.05, 4.69) is 69.8 Å². The van der Waals surface area contributed by atoms with Crippen molar-refractivity contribution >= 4 is 11.8 Å². The van der Waals surface area contributed by atoms with Crippen molar-refractivity contribution < 1.29 is 0 Å². The quantitative estimate of drug-likeness (QED) is 0.659. The van der Waals surface area contributed by atoms with Crippen LogP contribution in [-0.2, 0) is 4.75 Å². The monoisotopic (exact) mass is 242 g/mol. The Hall–Kier alpha value is -0.950. The Kier molecular flexibility index (Phi) is 2.31. The summed E-state index contributed by atoms with van der Waals surface area (Å²) in [7, 11) is 0. The van der Waals surface area contributed by atoms with Crippen LogP contribution in [0.15, 0.2) is 30.4 Å². The zero-order valence-corrected chi connectivity index (χ0v) is 11.7. The molecule has 2 atom stereocenters. The molecule has 1 heteroatoms. The summed E-state index contributed by atoms with van der Waals surface area (Å²) in [5.74, 6) is 0. The van der Waals surface area contributed by atoms with E-state index in [0.717, 1.165) is 0 Å². The van der Waals surface area contributed by atoms with Crippen molar-refractivity contribution in [3.05, 3.63) is 58.2 Å². The highest BCUT2D eigenvalue weighted by atomic mass is 32.2. The smallest absolute Gasteiger partial charge is 0.0754 e. The molecule has 1 fully saturated rings. The van der Waals surface area contributed by atoms with Gasteiger partial charge in [0.25, 0.3) is 0 Å². The molecule has 0 amide bonds. The Morgan fingerprint density at radius 2 is 1.76 bits per heavy atom. The Labute approximate surface area is 108 Å². The van der Waals surface area contributed by atoms with E-state index in [4.69, 9.17) is 0 Å². The van der Waals surface area contributed by atoms with Crippen LogP contribution in [0.25, 0.3) is 0 Å². The van der Waals surface area contributed by atoms with Crippen LogP contribution in [0.3, 0.4) is 0 Å². The van der Waals surface area contributed by atoms with Crippen molar-refractivity contribution in [2.75, 3.05) is 0 Å². The molecule has 0 saturated carbocycles. The summed E-state index contributed by atoms with van der Waals surface area (Å²) in [4.78, 5) is 0. The fourth-order valence-corrected chi connectivity index (χ4v) is 4.08. The third-order valence-corrected chi connectivity index (χ3v) is 5.86. The van der Waals surface area contributed by atoms with E-state index < -0.39 is 0 Å². The largest absolute Gasteiger partial charge is 0.135 e. The van der Waals surface area contributed by atoms with Crippen LogP contribution in [-0.4, -0.2) is 5.25 Å². The number of benzene rings is 1. The van der Waals surface area contributed by atoms with Gasteiger partial charge in [-0.25, -0.2) is 0 Å². The maximum Gasteiger partial charge on any atom is 0.0754 e. The fourth-order valence-electron chi connectivity index (χ4n) is 2.78. The summed E-state index contributed by atoms with van der Waals surface area (Å²) < 4.78 is 0.252. The lowest BCUT2D eigenvalue weighted by Crippen LogP contribution is -2.13. The Morgan fingerprint density at radius 3 is 2.47 bits per heavy atom. The highest BCUT2D eigenvalue weighted by Gasteiger charge is 2.54. The third-order valence-electron chi connectivity index (χ3n) is 4.33. The molecule has 88 valence electrons. The lowest BCUT2D eigenvalue weighted by Gasteiger charge is -2.20. The molecule has 1 aliphatic heterocycles. The molecule has 1 aromatic carbocycles. The minimum absolute atomic E-state index is 0.252. The molecule has 17 heavy (non-hydrogen) atoms. The minimum Gasteiger partial charge on any atom is -0.135 e. The van der Waals surface area contributed by atoms with E-state index in [1.165, 1.54) is 27.8 Å². The van der Waals surface area contributed by atoms with Gasteiger partial charge in [-0.05, 0) is 55.5 Å². The predicted molar refractivity (Wildman–Crippen MR) is 76.7 cm³/mol. The predicted octanol–water partition coefficient (Wildman–Crippen LogP) is 4.36. The highest BCUT2D eigenvalue weighted by molar-refractivity contribution is 8.08. The van der Waals surface area contributed by atoms with Gasteiger partial charge < -0.3 is 0 Å².